The molecule has 0 bridgehead atoms. The average Bonchev–Trinajstić information content (AvgIpc) is 2.08. The van der Waals surface area contributed by atoms with Crippen molar-refractivity contribution >= 4 is 23.0 Å². The number of nitrogens with one attached hydrogen (secondary N) is 1. The Morgan fingerprint density at radius 3 is 2.80 bits per heavy atom. The quantitative estimate of drug-likeness (QED) is 0.771. The molecule has 1 aliphatic carbocycles. The lowest BCUT2D eigenvalue weighted by atomic mass is 9.80. The van der Waals surface area contributed by atoms with Gasteiger partial charge >= 0.3 is 0 Å². The first kappa shape index (κ1) is 10.6. The number of anilines is 2. The molecule has 0 spiro atoms. The Labute approximate surface area is 95.8 Å². The van der Waals surface area contributed by atoms with Crippen molar-refractivity contribution in [1.82, 2.24) is 0 Å². The Morgan fingerprint density at radius 2 is 2.20 bits per heavy atom. The molecular formula is C12H17ClN2. The minimum absolute atomic E-state index is 0.486. The number of hydrogen-bond acceptors (Lipinski definition) is 2. The van der Waals surface area contributed by atoms with Crippen LogP contribution in [0.1, 0.15) is 26.2 Å². The van der Waals surface area contributed by atoms with Crippen LogP contribution in [0, 0.1) is 5.92 Å². The number of rotatable bonds is 3. The molecule has 0 heterocycles. The van der Waals surface area contributed by atoms with E-state index in [-0.39, 0.29) is 0 Å². The molecule has 2 rings (SSSR count). The standard InChI is InChI=1S/C12H17ClN2/c1-8(9-3-2-4-9)15-12-7-10(13)5-6-11(12)14/h5-9,15H,2-4,14H2,1H3. The summed E-state index contributed by atoms with van der Waals surface area (Å²) in [5.41, 5.74) is 7.61. The maximum atomic E-state index is 5.93. The highest BCUT2D eigenvalue weighted by atomic mass is 35.5. The summed E-state index contributed by atoms with van der Waals surface area (Å²) in [6.07, 6.45) is 4.02. The Hall–Kier alpha value is -0.890. The number of nitrogen functional groups attached to an aromatic ring is 1. The third kappa shape index (κ3) is 2.37. The summed E-state index contributed by atoms with van der Waals surface area (Å²) >= 11 is 5.93. The third-order valence-corrected chi connectivity index (χ3v) is 3.49. The fraction of sp³-hybridized carbons (Fsp3) is 0.500. The van der Waals surface area contributed by atoms with Crippen LogP contribution in [0.5, 0.6) is 0 Å². The summed E-state index contributed by atoms with van der Waals surface area (Å²) < 4.78 is 0. The van der Waals surface area contributed by atoms with Crippen molar-refractivity contribution in [3.8, 4) is 0 Å². The van der Waals surface area contributed by atoms with Crippen LogP contribution in [0.25, 0.3) is 0 Å². The van der Waals surface area contributed by atoms with Gasteiger partial charge in [0.2, 0.25) is 0 Å². The minimum atomic E-state index is 0.486. The van der Waals surface area contributed by atoms with Crippen LogP contribution < -0.4 is 11.1 Å². The monoisotopic (exact) mass is 224 g/mol. The summed E-state index contributed by atoms with van der Waals surface area (Å²) in [5, 5.41) is 4.17. The van der Waals surface area contributed by atoms with E-state index in [1.165, 1.54) is 19.3 Å². The van der Waals surface area contributed by atoms with E-state index < -0.39 is 0 Å². The zero-order valence-electron chi connectivity index (χ0n) is 8.96. The highest BCUT2D eigenvalue weighted by molar-refractivity contribution is 6.31. The van der Waals surface area contributed by atoms with Gasteiger partial charge in [0.15, 0.2) is 0 Å². The molecule has 2 nitrogen and oxygen atoms in total. The van der Waals surface area contributed by atoms with E-state index in [2.05, 4.69) is 12.2 Å². The molecule has 1 unspecified atom stereocenters. The molecule has 1 aromatic rings. The van der Waals surface area contributed by atoms with E-state index in [0.717, 1.165) is 22.3 Å². The van der Waals surface area contributed by atoms with Crippen LogP contribution in [0.4, 0.5) is 11.4 Å². The van der Waals surface area contributed by atoms with Crippen molar-refractivity contribution in [2.45, 2.75) is 32.2 Å². The highest BCUT2D eigenvalue weighted by Crippen LogP contribution is 2.32. The third-order valence-electron chi connectivity index (χ3n) is 3.26. The molecule has 0 radical (unpaired) electrons. The van der Waals surface area contributed by atoms with E-state index in [1.54, 1.807) is 0 Å². The second-order valence-corrected chi connectivity index (χ2v) is 4.79. The summed E-state index contributed by atoms with van der Waals surface area (Å²) in [6.45, 7) is 2.21. The molecule has 1 fully saturated rings. The summed E-state index contributed by atoms with van der Waals surface area (Å²) in [7, 11) is 0. The molecule has 1 aromatic carbocycles. The van der Waals surface area contributed by atoms with Crippen molar-refractivity contribution in [1.29, 1.82) is 0 Å². The van der Waals surface area contributed by atoms with E-state index >= 15 is 0 Å². The molecule has 3 N–H and O–H groups in total. The summed E-state index contributed by atoms with van der Waals surface area (Å²) in [6, 6.07) is 6.04. The summed E-state index contributed by atoms with van der Waals surface area (Å²) in [5.74, 6) is 0.795. The molecule has 0 aromatic heterocycles. The van der Waals surface area contributed by atoms with Gasteiger partial charge in [-0.3, -0.25) is 0 Å². The lowest BCUT2D eigenvalue weighted by Crippen LogP contribution is -2.31. The van der Waals surface area contributed by atoms with Crippen LogP contribution in [0.15, 0.2) is 18.2 Å². The summed E-state index contributed by atoms with van der Waals surface area (Å²) in [4.78, 5) is 0. The van der Waals surface area contributed by atoms with E-state index in [4.69, 9.17) is 17.3 Å². The molecule has 0 amide bonds. The molecule has 0 saturated heterocycles. The molecular weight excluding hydrogens is 208 g/mol. The second kappa shape index (κ2) is 4.31. The zero-order chi connectivity index (χ0) is 10.8. The van der Waals surface area contributed by atoms with Gasteiger partial charge in [0.25, 0.3) is 0 Å². The van der Waals surface area contributed by atoms with Crippen LogP contribution in [-0.4, -0.2) is 6.04 Å². The van der Waals surface area contributed by atoms with E-state index in [9.17, 15) is 0 Å². The maximum absolute atomic E-state index is 5.93. The first-order valence-electron chi connectivity index (χ1n) is 5.48. The first-order chi connectivity index (χ1) is 7.16. The van der Waals surface area contributed by atoms with Gasteiger partial charge in [0.1, 0.15) is 0 Å². The van der Waals surface area contributed by atoms with Crippen LogP contribution in [0.3, 0.4) is 0 Å². The van der Waals surface area contributed by atoms with Crippen LogP contribution in [0.2, 0.25) is 5.02 Å². The zero-order valence-corrected chi connectivity index (χ0v) is 9.72. The maximum Gasteiger partial charge on any atom is 0.0591 e. The van der Waals surface area contributed by atoms with Crippen molar-refractivity contribution < 1.29 is 0 Å². The predicted molar refractivity (Wildman–Crippen MR) is 66.3 cm³/mol. The number of halogens is 1. The Bertz CT molecular complexity index is 347. The molecule has 15 heavy (non-hydrogen) atoms. The first-order valence-corrected chi connectivity index (χ1v) is 5.86. The van der Waals surface area contributed by atoms with Crippen molar-refractivity contribution in [2.75, 3.05) is 11.1 Å². The number of benzene rings is 1. The predicted octanol–water partition coefficient (Wildman–Crippen LogP) is 3.52. The van der Waals surface area contributed by atoms with Gasteiger partial charge in [-0.2, -0.15) is 0 Å². The largest absolute Gasteiger partial charge is 0.397 e. The van der Waals surface area contributed by atoms with Crippen LogP contribution >= 0.6 is 11.6 Å². The fourth-order valence-electron chi connectivity index (χ4n) is 1.96. The lowest BCUT2D eigenvalue weighted by Gasteiger charge is -2.32. The van der Waals surface area contributed by atoms with Gasteiger partial charge in [0, 0.05) is 11.1 Å². The van der Waals surface area contributed by atoms with E-state index in [0.29, 0.717) is 6.04 Å². The normalized spacial score (nSPS) is 18.3. The molecule has 0 aliphatic heterocycles. The Morgan fingerprint density at radius 1 is 1.47 bits per heavy atom. The molecule has 1 aliphatic rings. The number of nitrogens with two attached hydrogens (primary N) is 1. The minimum Gasteiger partial charge on any atom is -0.397 e. The highest BCUT2D eigenvalue weighted by Gasteiger charge is 2.23. The van der Waals surface area contributed by atoms with Gasteiger partial charge < -0.3 is 11.1 Å². The number of hydrogen-bond donors (Lipinski definition) is 2. The Kier molecular flexibility index (Phi) is 3.06. The topological polar surface area (TPSA) is 38.0 Å². The Balaban J connectivity index is 2.05. The smallest absolute Gasteiger partial charge is 0.0591 e. The van der Waals surface area contributed by atoms with Gasteiger partial charge in [-0.15, -0.1) is 0 Å². The molecule has 1 saturated carbocycles. The van der Waals surface area contributed by atoms with Crippen molar-refractivity contribution in [3.05, 3.63) is 23.2 Å². The van der Waals surface area contributed by atoms with Crippen molar-refractivity contribution in [3.63, 3.8) is 0 Å². The fourth-order valence-corrected chi connectivity index (χ4v) is 2.13. The SMILES string of the molecule is CC(Nc1cc(Cl)ccc1N)C1CCC1. The van der Waals surface area contributed by atoms with Gasteiger partial charge in [0.05, 0.1) is 11.4 Å². The molecule has 82 valence electrons. The van der Waals surface area contributed by atoms with Gasteiger partial charge in [-0.05, 0) is 43.9 Å². The molecule has 3 heteroatoms. The van der Waals surface area contributed by atoms with Gasteiger partial charge in [-0.1, -0.05) is 18.0 Å². The van der Waals surface area contributed by atoms with E-state index in [1.807, 2.05) is 18.2 Å². The average molecular weight is 225 g/mol. The lowest BCUT2D eigenvalue weighted by molar-refractivity contribution is 0.285. The molecule has 1 atom stereocenters. The van der Waals surface area contributed by atoms with Gasteiger partial charge in [-0.25, -0.2) is 0 Å². The van der Waals surface area contributed by atoms with Crippen molar-refractivity contribution in [2.24, 2.45) is 5.92 Å². The van der Waals surface area contributed by atoms with Crippen LogP contribution in [-0.2, 0) is 0 Å². The second-order valence-electron chi connectivity index (χ2n) is 4.36.